The maximum absolute atomic E-state index is 11.7. The van der Waals surface area contributed by atoms with Gasteiger partial charge in [-0.1, -0.05) is 19.3 Å². The largest absolute Gasteiger partial charge is 0.478 e. The van der Waals surface area contributed by atoms with Crippen LogP contribution >= 0.6 is 0 Å². The van der Waals surface area contributed by atoms with Gasteiger partial charge in [0.05, 0.1) is 24.2 Å². The second kappa shape index (κ2) is 9.19. The SMILES string of the molecule is COCCOC(=O)C/C(C(=O)O)=C(\C(=O)O)C1CCCCC1. The van der Waals surface area contributed by atoms with E-state index < -0.39 is 24.3 Å². The Morgan fingerprint density at radius 3 is 2.14 bits per heavy atom. The number of carbonyl (C=O) groups is 3. The molecule has 0 aromatic heterocycles. The molecule has 0 spiro atoms. The van der Waals surface area contributed by atoms with Gasteiger partial charge >= 0.3 is 17.9 Å². The summed E-state index contributed by atoms with van der Waals surface area (Å²) in [6, 6.07) is 0. The first kappa shape index (κ1) is 18.2. The predicted octanol–water partition coefficient (Wildman–Crippen LogP) is 1.61. The molecule has 0 aromatic carbocycles. The highest BCUT2D eigenvalue weighted by atomic mass is 16.6. The van der Waals surface area contributed by atoms with Gasteiger partial charge in [0.1, 0.15) is 6.61 Å². The number of rotatable bonds is 8. The van der Waals surface area contributed by atoms with Crippen molar-refractivity contribution in [2.75, 3.05) is 20.3 Å². The number of carboxylic acid groups (broad SMARTS) is 2. The summed E-state index contributed by atoms with van der Waals surface area (Å²) in [7, 11) is 1.45. The third-order valence-electron chi connectivity index (χ3n) is 3.70. The van der Waals surface area contributed by atoms with E-state index in [0.717, 1.165) is 19.3 Å². The fraction of sp³-hybridized carbons (Fsp3) is 0.667. The van der Waals surface area contributed by atoms with Crippen LogP contribution in [0.3, 0.4) is 0 Å². The van der Waals surface area contributed by atoms with Crippen molar-refractivity contribution in [2.45, 2.75) is 38.5 Å². The Morgan fingerprint density at radius 2 is 1.64 bits per heavy atom. The van der Waals surface area contributed by atoms with Crippen molar-refractivity contribution >= 4 is 17.9 Å². The summed E-state index contributed by atoms with van der Waals surface area (Å²) < 4.78 is 9.55. The quantitative estimate of drug-likeness (QED) is 0.398. The summed E-state index contributed by atoms with van der Waals surface area (Å²) >= 11 is 0. The van der Waals surface area contributed by atoms with E-state index in [1.165, 1.54) is 7.11 Å². The summed E-state index contributed by atoms with van der Waals surface area (Å²) in [6.45, 7) is 0.209. The second-order valence-electron chi connectivity index (χ2n) is 5.23. The molecule has 1 fully saturated rings. The van der Waals surface area contributed by atoms with Gasteiger partial charge in [-0.05, 0) is 18.8 Å². The molecule has 1 rings (SSSR count). The van der Waals surface area contributed by atoms with Gasteiger partial charge < -0.3 is 19.7 Å². The van der Waals surface area contributed by atoms with Crippen LogP contribution < -0.4 is 0 Å². The smallest absolute Gasteiger partial charge is 0.332 e. The number of ether oxygens (including phenoxy) is 2. The second-order valence-corrected chi connectivity index (χ2v) is 5.23. The minimum atomic E-state index is -1.38. The standard InChI is InChI=1S/C15H22O7/c1-21-7-8-22-12(16)9-11(14(17)18)13(15(19)20)10-5-3-2-4-6-10/h10H,2-9H2,1H3,(H,17,18)(H,19,20)/b13-11+. The van der Waals surface area contributed by atoms with Crippen molar-refractivity contribution in [3.05, 3.63) is 11.1 Å². The third kappa shape index (κ3) is 5.48. The van der Waals surface area contributed by atoms with Gasteiger partial charge in [0.2, 0.25) is 0 Å². The molecule has 0 radical (unpaired) electrons. The average Bonchev–Trinajstić information content (AvgIpc) is 2.47. The molecule has 2 N–H and O–H groups in total. The highest BCUT2D eigenvalue weighted by Crippen LogP contribution is 2.32. The van der Waals surface area contributed by atoms with E-state index in [1.807, 2.05) is 0 Å². The highest BCUT2D eigenvalue weighted by Gasteiger charge is 2.30. The zero-order valence-corrected chi connectivity index (χ0v) is 12.7. The maximum Gasteiger partial charge on any atom is 0.332 e. The molecule has 7 heteroatoms. The number of hydrogen-bond acceptors (Lipinski definition) is 5. The Hall–Kier alpha value is -1.89. The van der Waals surface area contributed by atoms with Crippen LogP contribution in [-0.2, 0) is 23.9 Å². The Kier molecular flexibility index (Phi) is 7.59. The molecule has 0 atom stereocenters. The number of esters is 1. The summed E-state index contributed by atoms with van der Waals surface area (Å²) in [6.07, 6.45) is 3.48. The van der Waals surface area contributed by atoms with Gasteiger partial charge in [0.15, 0.2) is 0 Å². The topological polar surface area (TPSA) is 110 Å². The Labute approximate surface area is 128 Å². The lowest BCUT2D eigenvalue weighted by molar-refractivity contribution is -0.146. The van der Waals surface area contributed by atoms with Gasteiger partial charge in [0.25, 0.3) is 0 Å². The molecule has 22 heavy (non-hydrogen) atoms. The van der Waals surface area contributed by atoms with Crippen LogP contribution in [-0.4, -0.2) is 48.4 Å². The van der Waals surface area contributed by atoms with Crippen molar-refractivity contribution in [1.29, 1.82) is 0 Å². The Morgan fingerprint density at radius 1 is 1.00 bits per heavy atom. The van der Waals surface area contributed by atoms with Gasteiger partial charge in [-0.25, -0.2) is 9.59 Å². The van der Waals surface area contributed by atoms with Crippen LogP contribution in [0.4, 0.5) is 0 Å². The van der Waals surface area contributed by atoms with E-state index in [0.29, 0.717) is 12.8 Å². The molecule has 124 valence electrons. The molecule has 0 aliphatic heterocycles. The molecule has 0 bridgehead atoms. The third-order valence-corrected chi connectivity index (χ3v) is 3.70. The Bertz CT molecular complexity index is 447. The summed E-state index contributed by atoms with van der Waals surface area (Å²) in [4.78, 5) is 34.6. The molecule has 0 heterocycles. The van der Waals surface area contributed by atoms with Gasteiger partial charge in [-0.15, -0.1) is 0 Å². The monoisotopic (exact) mass is 314 g/mol. The van der Waals surface area contributed by atoms with Crippen molar-refractivity contribution in [3.8, 4) is 0 Å². The number of hydrogen-bond donors (Lipinski definition) is 2. The van der Waals surface area contributed by atoms with E-state index in [-0.39, 0.29) is 30.3 Å². The Balaban J connectivity index is 2.92. The van der Waals surface area contributed by atoms with Crippen molar-refractivity contribution in [1.82, 2.24) is 0 Å². The van der Waals surface area contributed by atoms with Gasteiger partial charge in [-0.2, -0.15) is 0 Å². The van der Waals surface area contributed by atoms with Crippen LogP contribution in [0.15, 0.2) is 11.1 Å². The van der Waals surface area contributed by atoms with Crippen LogP contribution in [0.5, 0.6) is 0 Å². The van der Waals surface area contributed by atoms with Crippen LogP contribution in [0.1, 0.15) is 38.5 Å². The number of carboxylic acids is 2. The van der Waals surface area contributed by atoms with Gasteiger partial charge in [0, 0.05) is 7.11 Å². The summed E-state index contributed by atoms with van der Waals surface area (Å²) in [5.74, 6) is -3.73. The normalized spacial score (nSPS) is 16.8. The lowest BCUT2D eigenvalue weighted by atomic mass is 9.81. The molecular weight excluding hydrogens is 292 g/mol. The predicted molar refractivity (Wildman–Crippen MR) is 76.3 cm³/mol. The first-order valence-electron chi connectivity index (χ1n) is 7.31. The fourth-order valence-electron chi connectivity index (χ4n) is 2.66. The zero-order chi connectivity index (χ0) is 16.5. The average molecular weight is 314 g/mol. The highest BCUT2D eigenvalue weighted by molar-refractivity contribution is 6.02. The zero-order valence-electron chi connectivity index (χ0n) is 12.7. The molecule has 0 saturated heterocycles. The van der Waals surface area contributed by atoms with Crippen molar-refractivity contribution in [2.24, 2.45) is 5.92 Å². The molecule has 1 aliphatic carbocycles. The molecule has 1 saturated carbocycles. The van der Waals surface area contributed by atoms with Crippen LogP contribution in [0.2, 0.25) is 0 Å². The van der Waals surface area contributed by atoms with E-state index in [9.17, 15) is 24.6 Å². The molecule has 1 aliphatic rings. The number of methoxy groups -OCH3 is 1. The number of aliphatic carboxylic acids is 2. The minimum absolute atomic E-state index is 0.00800. The van der Waals surface area contributed by atoms with E-state index in [4.69, 9.17) is 9.47 Å². The lowest BCUT2D eigenvalue weighted by Gasteiger charge is -2.23. The van der Waals surface area contributed by atoms with E-state index in [2.05, 4.69) is 0 Å². The van der Waals surface area contributed by atoms with Crippen LogP contribution in [0, 0.1) is 5.92 Å². The fourth-order valence-corrected chi connectivity index (χ4v) is 2.66. The number of carbonyl (C=O) groups excluding carboxylic acids is 1. The first-order chi connectivity index (χ1) is 10.5. The first-order valence-corrected chi connectivity index (χ1v) is 7.31. The summed E-state index contributed by atoms with van der Waals surface area (Å²) in [5, 5.41) is 18.7. The van der Waals surface area contributed by atoms with Gasteiger partial charge in [-0.3, -0.25) is 4.79 Å². The van der Waals surface area contributed by atoms with E-state index >= 15 is 0 Å². The molecule has 0 aromatic rings. The van der Waals surface area contributed by atoms with Crippen molar-refractivity contribution < 1.29 is 34.1 Å². The van der Waals surface area contributed by atoms with E-state index in [1.54, 1.807) is 0 Å². The molecule has 0 amide bonds. The minimum Gasteiger partial charge on any atom is -0.478 e. The van der Waals surface area contributed by atoms with Crippen molar-refractivity contribution in [3.63, 3.8) is 0 Å². The molecular formula is C15H22O7. The molecule has 7 nitrogen and oxygen atoms in total. The molecule has 0 unspecified atom stereocenters. The summed E-state index contributed by atoms with van der Waals surface area (Å²) in [5.41, 5.74) is -0.530. The lowest BCUT2D eigenvalue weighted by Crippen LogP contribution is -2.23. The maximum atomic E-state index is 11.7. The van der Waals surface area contributed by atoms with Crippen LogP contribution in [0.25, 0.3) is 0 Å².